The van der Waals surface area contributed by atoms with E-state index in [0.29, 0.717) is 40.8 Å². The average Bonchev–Trinajstić information content (AvgIpc) is 3.45. The number of aliphatic hydroxyl groups excluding tert-OH is 2. The van der Waals surface area contributed by atoms with Gasteiger partial charge in [0.05, 0.1) is 41.3 Å². The van der Waals surface area contributed by atoms with Crippen molar-refractivity contribution >= 4 is 22.7 Å². The number of rotatable bonds is 9. The lowest BCUT2D eigenvalue weighted by Crippen LogP contribution is -2.40. The molecule has 4 unspecified atom stereocenters. The largest absolute Gasteiger partial charge is 0.478 e. The summed E-state index contributed by atoms with van der Waals surface area (Å²) in [6, 6.07) is 6.53. The van der Waals surface area contributed by atoms with Gasteiger partial charge >= 0.3 is 0 Å². The number of pyridine rings is 1. The third kappa shape index (κ3) is 5.74. The van der Waals surface area contributed by atoms with Crippen LogP contribution in [0.25, 0.3) is 22.3 Å². The van der Waals surface area contributed by atoms with Crippen molar-refractivity contribution in [1.82, 2.24) is 15.0 Å². The van der Waals surface area contributed by atoms with Crippen molar-refractivity contribution in [2.24, 2.45) is 5.92 Å². The van der Waals surface area contributed by atoms with Crippen LogP contribution in [0, 0.1) is 31.4 Å². The highest BCUT2D eigenvalue weighted by Crippen LogP contribution is 2.40. The molecule has 1 aromatic carbocycles. The Labute approximate surface area is 241 Å². The molecule has 1 fully saturated rings. The van der Waals surface area contributed by atoms with E-state index in [-0.39, 0.29) is 30.3 Å². The van der Waals surface area contributed by atoms with Gasteiger partial charge in [0.2, 0.25) is 11.8 Å². The van der Waals surface area contributed by atoms with Crippen LogP contribution in [0.5, 0.6) is 5.88 Å². The second-order valence-electron chi connectivity index (χ2n) is 11.1. The Morgan fingerprint density at radius 3 is 2.40 bits per heavy atom. The second kappa shape index (κ2) is 11.4. The molecule has 1 saturated carbocycles. The number of benzene rings is 1. The first-order chi connectivity index (χ1) is 19.9. The summed E-state index contributed by atoms with van der Waals surface area (Å²) >= 11 is 0. The lowest BCUT2D eigenvalue weighted by molar-refractivity contribution is -0.0601. The SMILES string of the molecule is CCOc1cc2cc(-c3c(C)nc(NCc4c(F)cccc4F)nc3NC3CC(C(C)(C)O)C(O)C3O)oc2c(C)n1. The second-order valence-corrected chi connectivity index (χ2v) is 11.1. The minimum atomic E-state index is -1.24. The van der Waals surface area contributed by atoms with Crippen LogP contribution in [0.1, 0.15) is 44.1 Å². The average molecular weight is 584 g/mol. The quantitative estimate of drug-likeness (QED) is 0.191. The summed E-state index contributed by atoms with van der Waals surface area (Å²) < 4.78 is 40.3. The molecule has 0 aliphatic heterocycles. The third-order valence-corrected chi connectivity index (χ3v) is 7.67. The number of fused-ring (bicyclic) bond motifs is 1. The predicted octanol–water partition coefficient (Wildman–Crippen LogP) is 4.48. The van der Waals surface area contributed by atoms with Crippen molar-refractivity contribution < 1.29 is 33.3 Å². The van der Waals surface area contributed by atoms with Gasteiger partial charge in [0.1, 0.15) is 29.3 Å². The van der Waals surface area contributed by atoms with Crippen LogP contribution >= 0.6 is 0 Å². The molecule has 3 aromatic heterocycles. The van der Waals surface area contributed by atoms with Gasteiger partial charge in [0, 0.05) is 29.5 Å². The highest BCUT2D eigenvalue weighted by Gasteiger charge is 2.48. The van der Waals surface area contributed by atoms with Crippen molar-refractivity contribution in [1.29, 1.82) is 0 Å². The van der Waals surface area contributed by atoms with Crippen LogP contribution in [0.2, 0.25) is 0 Å². The van der Waals surface area contributed by atoms with Gasteiger partial charge in [-0.2, -0.15) is 4.98 Å². The molecule has 5 rings (SSSR count). The molecule has 0 amide bonds. The molecule has 10 nitrogen and oxygen atoms in total. The maximum atomic E-state index is 14.3. The van der Waals surface area contributed by atoms with Gasteiger partial charge in [-0.1, -0.05) is 6.07 Å². The van der Waals surface area contributed by atoms with Gasteiger partial charge in [-0.05, 0) is 59.2 Å². The maximum absolute atomic E-state index is 14.3. The fourth-order valence-corrected chi connectivity index (χ4v) is 5.50. The third-order valence-electron chi connectivity index (χ3n) is 7.67. The number of ether oxygens (including phenoxy) is 1. The van der Waals surface area contributed by atoms with Crippen molar-refractivity contribution in [2.75, 3.05) is 17.2 Å². The van der Waals surface area contributed by atoms with E-state index < -0.39 is 41.4 Å². The summed E-state index contributed by atoms with van der Waals surface area (Å²) in [6.45, 7) is 8.83. The number of anilines is 2. The van der Waals surface area contributed by atoms with E-state index >= 15 is 0 Å². The summed E-state index contributed by atoms with van der Waals surface area (Å²) in [5.41, 5.74) is 0.743. The Morgan fingerprint density at radius 2 is 1.76 bits per heavy atom. The van der Waals surface area contributed by atoms with E-state index in [9.17, 15) is 24.1 Å². The van der Waals surface area contributed by atoms with E-state index in [1.54, 1.807) is 26.8 Å². The van der Waals surface area contributed by atoms with Gasteiger partial charge in [-0.25, -0.2) is 18.7 Å². The number of nitrogens with one attached hydrogen (secondary N) is 2. The van der Waals surface area contributed by atoms with E-state index in [0.717, 1.165) is 5.39 Å². The summed E-state index contributed by atoms with van der Waals surface area (Å²) in [7, 11) is 0. The van der Waals surface area contributed by atoms with E-state index in [2.05, 4.69) is 25.6 Å². The minimum Gasteiger partial charge on any atom is -0.478 e. The lowest BCUT2D eigenvalue weighted by Gasteiger charge is -2.28. The van der Waals surface area contributed by atoms with Crippen LogP contribution in [-0.4, -0.2) is 60.7 Å². The number of hydrogen-bond acceptors (Lipinski definition) is 10. The fraction of sp³-hybridized carbons (Fsp3) is 0.433. The van der Waals surface area contributed by atoms with E-state index in [1.165, 1.54) is 18.2 Å². The number of hydrogen-bond donors (Lipinski definition) is 5. The number of furan rings is 1. The number of halogens is 2. The molecular formula is C30H35F2N5O5. The molecule has 0 bridgehead atoms. The molecule has 0 spiro atoms. The predicted molar refractivity (Wildman–Crippen MR) is 153 cm³/mol. The van der Waals surface area contributed by atoms with Crippen molar-refractivity contribution in [2.45, 2.75) is 71.4 Å². The molecule has 0 radical (unpaired) electrons. The molecule has 4 atom stereocenters. The Bertz CT molecular complexity index is 1590. The zero-order valence-electron chi connectivity index (χ0n) is 24.1. The lowest BCUT2D eigenvalue weighted by atomic mass is 9.88. The molecule has 0 saturated heterocycles. The zero-order valence-corrected chi connectivity index (χ0v) is 24.1. The van der Waals surface area contributed by atoms with Crippen LogP contribution in [0.15, 0.2) is 34.7 Å². The van der Waals surface area contributed by atoms with Crippen LogP contribution in [0.4, 0.5) is 20.5 Å². The Morgan fingerprint density at radius 1 is 1.05 bits per heavy atom. The summed E-state index contributed by atoms with van der Waals surface area (Å²) in [5, 5.41) is 39.0. The number of nitrogens with zero attached hydrogens (tertiary/aromatic N) is 3. The van der Waals surface area contributed by atoms with Gasteiger partial charge in [-0.15, -0.1) is 0 Å². The maximum Gasteiger partial charge on any atom is 0.225 e. The van der Waals surface area contributed by atoms with Crippen LogP contribution in [-0.2, 0) is 6.54 Å². The standard InChI is InChI=1S/C30H35F2N5O5/c1-6-41-23-11-16-10-22(42-27(16)15(3)34-23)24-14(2)35-29(33-13-17-19(31)8-7-9-20(17)32)37-28(24)36-21-12-18(30(4,5)40)25(38)26(21)39/h7-11,18,21,25-26,38-40H,6,12-13H2,1-5H3,(H2,33,35,36,37). The molecule has 3 heterocycles. The van der Waals surface area contributed by atoms with Crippen LogP contribution < -0.4 is 15.4 Å². The Hall–Kier alpha value is -3.87. The molecule has 224 valence electrons. The summed E-state index contributed by atoms with van der Waals surface area (Å²) in [6.07, 6.45) is -2.13. The molecule has 1 aliphatic rings. The number of aliphatic hydroxyl groups is 3. The van der Waals surface area contributed by atoms with Gasteiger partial charge < -0.3 is 35.1 Å². The van der Waals surface area contributed by atoms with Gasteiger partial charge in [0.25, 0.3) is 0 Å². The van der Waals surface area contributed by atoms with Crippen molar-refractivity contribution in [3.8, 4) is 17.2 Å². The molecule has 12 heteroatoms. The molecule has 5 N–H and O–H groups in total. The Kier molecular flexibility index (Phi) is 8.06. The normalized spacial score (nSPS) is 20.7. The van der Waals surface area contributed by atoms with Crippen molar-refractivity contribution in [3.05, 3.63) is 58.9 Å². The molecule has 4 aromatic rings. The zero-order chi connectivity index (χ0) is 30.3. The fourth-order valence-electron chi connectivity index (χ4n) is 5.50. The molecular weight excluding hydrogens is 548 g/mol. The smallest absolute Gasteiger partial charge is 0.225 e. The topological polar surface area (TPSA) is 146 Å². The highest BCUT2D eigenvalue weighted by molar-refractivity contribution is 5.88. The van der Waals surface area contributed by atoms with E-state index in [4.69, 9.17) is 9.15 Å². The Balaban J connectivity index is 1.56. The minimum absolute atomic E-state index is 0.0843. The van der Waals surface area contributed by atoms with Crippen molar-refractivity contribution in [3.63, 3.8) is 0 Å². The monoisotopic (exact) mass is 583 g/mol. The van der Waals surface area contributed by atoms with Gasteiger partial charge in [-0.3, -0.25) is 0 Å². The highest BCUT2D eigenvalue weighted by atomic mass is 19.1. The molecule has 42 heavy (non-hydrogen) atoms. The van der Waals surface area contributed by atoms with Gasteiger partial charge in [0.15, 0.2) is 5.58 Å². The first-order valence-electron chi connectivity index (χ1n) is 13.8. The number of aryl methyl sites for hydroxylation is 2. The van der Waals surface area contributed by atoms with Crippen LogP contribution in [0.3, 0.4) is 0 Å². The summed E-state index contributed by atoms with van der Waals surface area (Å²) in [5.74, 6) is -0.776. The first-order valence-corrected chi connectivity index (χ1v) is 13.8. The first kappa shape index (κ1) is 29.6. The number of aromatic nitrogens is 3. The summed E-state index contributed by atoms with van der Waals surface area (Å²) in [4.78, 5) is 13.6. The van der Waals surface area contributed by atoms with E-state index in [1.807, 2.05) is 19.9 Å². The molecule has 1 aliphatic carbocycles.